The van der Waals surface area contributed by atoms with Gasteiger partial charge in [0.2, 0.25) is 0 Å². The number of hydrogen-bond donors (Lipinski definition) is 3. The predicted molar refractivity (Wildman–Crippen MR) is 90.5 cm³/mol. The number of ketones is 2. The van der Waals surface area contributed by atoms with E-state index in [-0.39, 0.29) is 41.5 Å². The minimum atomic E-state index is -1.51. The van der Waals surface area contributed by atoms with Crippen LogP contribution in [-0.2, 0) is 9.59 Å². The maximum atomic E-state index is 13.2. The van der Waals surface area contributed by atoms with Gasteiger partial charge in [-0.05, 0) is 36.2 Å². The highest BCUT2D eigenvalue weighted by Gasteiger charge is 2.76. The zero-order valence-electron chi connectivity index (χ0n) is 15.0. The molecule has 5 nitrogen and oxygen atoms in total. The van der Waals surface area contributed by atoms with Crippen LogP contribution in [0.4, 0.5) is 0 Å². The summed E-state index contributed by atoms with van der Waals surface area (Å²) in [5, 5.41) is 32.5. The summed E-state index contributed by atoms with van der Waals surface area (Å²) in [5.74, 6) is -1.93. The summed E-state index contributed by atoms with van der Waals surface area (Å²) in [6.45, 7) is 7.88. The highest BCUT2D eigenvalue weighted by Crippen LogP contribution is 2.70. The molecule has 138 valence electrons. The number of rotatable bonds is 1. The van der Waals surface area contributed by atoms with Crippen LogP contribution in [0.2, 0.25) is 0 Å². The maximum absolute atomic E-state index is 13.2. The predicted octanol–water partition coefficient (Wildman–Crippen LogP) is 1.25. The molecule has 4 fully saturated rings. The van der Waals surface area contributed by atoms with Gasteiger partial charge < -0.3 is 15.3 Å². The molecule has 4 aliphatic rings. The molecule has 1 spiro atoms. The number of hydrogen-bond acceptors (Lipinski definition) is 5. The third-order valence-corrected chi connectivity index (χ3v) is 8.20. The van der Waals surface area contributed by atoms with Gasteiger partial charge in [-0.3, -0.25) is 9.59 Å². The number of Topliss-reactive ketones (excluding diaryl/α,β-unsaturated/α-hetero) is 2. The van der Waals surface area contributed by atoms with E-state index in [1.54, 1.807) is 0 Å². The first-order valence-electron chi connectivity index (χ1n) is 9.38. The lowest BCUT2D eigenvalue weighted by molar-refractivity contribution is -0.232. The Morgan fingerprint density at radius 1 is 1.20 bits per heavy atom. The Kier molecular flexibility index (Phi) is 3.49. The Morgan fingerprint density at radius 3 is 2.52 bits per heavy atom. The molecule has 4 aliphatic carbocycles. The molecule has 25 heavy (non-hydrogen) atoms. The largest absolute Gasteiger partial charge is 0.396 e. The first-order valence-corrected chi connectivity index (χ1v) is 9.38. The molecule has 0 aromatic carbocycles. The summed E-state index contributed by atoms with van der Waals surface area (Å²) in [5.41, 5.74) is -2.12. The van der Waals surface area contributed by atoms with Crippen LogP contribution in [0, 0.1) is 34.0 Å². The van der Waals surface area contributed by atoms with Crippen molar-refractivity contribution in [2.75, 3.05) is 6.61 Å². The van der Waals surface area contributed by atoms with Gasteiger partial charge in [0.15, 0.2) is 5.78 Å². The second-order valence-electron chi connectivity index (χ2n) is 9.48. The zero-order valence-corrected chi connectivity index (χ0v) is 15.0. The molecule has 0 aromatic rings. The average Bonchev–Trinajstić information content (AvgIpc) is 2.67. The monoisotopic (exact) mass is 348 g/mol. The number of fused-ring (bicyclic) bond motifs is 3. The Balaban J connectivity index is 1.96. The Bertz CT molecular complexity index is 667. The lowest BCUT2D eigenvalue weighted by Gasteiger charge is -2.64. The molecule has 4 saturated carbocycles. The molecule has 0 unspecified atom stereocenters. The van der Waals surface area contributed by atoms with Crippen LogP contribution >= 0.6 is 0 Å². The van der Waals surface area contributed by atoms with Gasteiger partial charge in [0, 0.05) is 30.3 Å². The van der Waals surface area contributed by atoms with Crippen LogP contribution in [0.1, 0.15) is 46.0 Å². The van der Waals surface area contributed by atoms with E-state index in [2.05, 4.69) is 20.4 Å². The van der Waals surface area contributed by atoms with Gasteiger partial charge in [-0.15, -0.1) is 0 Å². The second kappa shape index (κ2) is 5.02. The minimum Gasteiger partial charge on any atom is -0.396 e. The lowest BCUT2D eigenvalue weighted by Crippen LogP contribution is -2.70. The fourth-order valence-corrected chi connectivity index (χ4v) is 7.18. The Morgan fingerprint density at radius 2 is 1.88 bits per heavy atom. The van der Waals surface area contributed by atoms with Crippen molar-refractivity contribution in [2.45, 2.75) is 58.2 Å². The van der Waals surface area contributed by atoms with Crippen LogP contribution in [0.25, 0.3) is 0 Å². The highest BCUT2D eigenvalue weighted by atomic mass is 16.3. The van der Waals surface area contributed by atoms with Gasteiger partial charge in [0.1, 0.15) is 5.78 Å². The molecule has 5 heteroatoms. The van der Waals surface area contributed by atoms with Crippen molar-refractivity contribution in [3.8, 4) is 0 Å². The fraction of sp³-hybridized carbons (Fsp3) is 0.800. The lowest BCUT2D eigenvalue weighted by atomic mass is 9.39. The SMILES string of the molecule is C=C1C(=O)[C@@]23[C@H](O)C[C@@H]4C(C)(C)CCC[C@@]4(CO)[C@@H]2C(=O)C[C@@H]1[C@H]3O. The minimum absolute atomic E-state index is 0.0567. The van der Waals surface area contributed by atoms with Crippen LogP contribution in [0.15, 0.2) is 12.2 Å². The second-order valence-corrected chi connectivity index (χ2v) is 9.48. The molecule has 4 rings (SSSR count). The molecule has 0 radical (unpaired) electrons. The summed E-state index contributed by atoms with van der Waals surface area (Å²) in [4.78, 5) is 26.3. The third kappa shape index (κ3) is 1.75. The number of carbonyl (C=O) groups excluding carboxylic acids is 2. The first kappa shape index (κ1) is 17.4. The van der Waals surface area contributed by atoms with Gasteiger partial charge in [-0.25, -0.2) is 0 Å². The van der Waals surface area contributed by atoms with E-state index in [0.717, 1.165) is 12.8 Å². The van der Waals surface area contributed by atoms with Crippen molar-refractivity contribution in [3.05, 3.63) is 12.2 Å². The Labute approximate surface area is 148 Å². The molecule has 0 aliphatic heterocycles. The van der Waals surface area contributed by atoms with Crippen molar-refractivity contribution in [2.24, 2.45) is 34.0 Å². The van der Waals surface area contributed by atoms with Crippen molar-refractivity contribution < 1.29 is 24.9 Å². The summed E-state index contributed by atoms with van der Waals surface area (Å²) < 4.78 is 0. The topological polar surface area (TPSA) is 94.8 Å². The molecular weight excluding hydrogens is 320 g/mol. The number of aliphatic hydroxyl groups is 3. The van der Waals surface area contributed by atoms with Gasteiger partial charge in [0.25, 0.3) is 0 Å². The average molecular weight is 348 g/mol. The van der Waals surface area contributed by atoms with E-state index in [1.807, 2.05) is 0 Å². The molecule has 7 atom stereocenters. The molecule has 2 bridgehead atoms. The number of aliphatic hydroxyl groups excluding tert-OH is 3. The summed E-state index contributed by atoms with van der Waals surface area (Å²) >= 11 is 0. The third-order valence-electron chi connectivity index (χ3n) is 8.20. The van der Waals surface area contributed by atoms with Crippen LogP contribution in [0.5, 0.6) is 0 Å². The molecule has 3 N–H and O–H groups in total. The summed E-state index contributed by atoms with van der Waals surface area (Å²) in [6, 6.07) is 0. The van der Waals surface area contributed by atoms with Crippen LogP contribution in [0.3, 0.4) is 0 Å². The smallest absolute Gasteiger partial charge is 0.170 e. The van der Waals surface area contributed by atoms with Gasteiger partial charge in [-0.1, -0.05) is 26.8 Å². The van der Waals surface area contributed by atoms with Gasteiger partial charge in [0.05, 0.1) is 17.6 Å². The fourth-order valence-electron chi connectivity index (χ4n) is 7.18. The molecule has 0 heterocycles. The Hall–Kier alpha value is -1.04. The van der Waals surface area contributed by atoms with Gasteiger partial charge in [-0.2, -0.15) is 0 Å². The van der Waals surface area contributed by atoms with Crippen molar-refractivity contribution in [1.82, 2.24) is 0 Å². The van der Waals surface area contributed by atoms with Crippen LogP contribution in [-0.4, -0.2) is 45.7 Å². The standard InChI is InChI=1S/C20H28O5/c1-10-11-7-12(22)15-19(9-21)6-4-5-18(2,3)13(19)8-14(23)20(15,16(10)24)17(11)25/h11,13-15,17,21,23,25H,1,4-9H2,2-3H3/t11-,13+,14+,15-,17+,19-,20+/m0/s1. The van der Waals surface area contributed by atoms with E-state index in [9.17, 15) is 24.9 Å². The quantitative estimate of drug-likeness (QED) is 0.620. The van der Waals surface area contributed by atoms with E-state index < -0.39 is 34.9 Å². The number of carbonyl (C=O) groups is 2. The molecular formula is C20H28O5. The normalized spacial score (nSPS) is 51.2. The maximum Gasteiger partial charge on any atom is 0.170 e. The van der Waals surface area contributed by atoms with Crippen LogP contribution < -0.4 is 0 Å². The van der Waals surface area contributed by atoms with E-state index >= 15 is 0 Å². The van der Waals surface area contributed by atoms with Crippen molar-refractivity contribution in [1.29, 1.82) is 0 Å². The van der Waals surface area contributed by atoms with Gasteiger partial charge >= 0.3 is 0 Å². The van der Waals surface area contributed by atoms with E-state index in [4.69, 9.17) is 0 Å². The van der Waals surface area contributed by atoms with E-state index in [1.165, 1.54) is 0 Å². The molecule has 0 saturated heterocycles. The molecule has 0 aromatic heterocycles. The zero-order chi connectivity index (χ0) is 18.4. The first-order chi connectivity index (χ1) is 11.6. The summed E-state index contributed by atoms with van der Waals surface area (Å²) in [6.07, 6.45) is 0.743. The highest BCUT2D eigenvalue weighted by molar-refractivity contribution is 6.09. The summed E-state index contributed by atoms with van der Waals surface area (Å²) in [7, 11) is 0. The van der Waals surface area contributed by atoms with Crippen molar-refractivity contribution in [3.63, 3.8) is 0 Å². The van der Waals surface area contributed by atoms with E-state index in [0.29, 0.717) is 12.8 Å². The van der Waals surface area contributed by atoms with Crippen molar-refractivity contribution >= 4 is 11.6 Å². The molecule has 0 amide bonds.